The van der Waals surface area contributed by atoms with Crippen LogP contribution in [-0.4, -0.2) is 21.7 Å². The maximum atomic E-state index is 9.92. The summed E-state index contributed by atoms with van der Waals surface area (Å²) < 4.78 is 13.5. The van der Waals surface area contributed by atoms with E-state index in [0.717, 1.165) is 36.3 Å². The lowest BCUT2D eigenvalue weighted by molar-refractivity contribution is 0.442. The summed E-state index contributed by atoms with van der Waals surface area (Å²) >= 11 is 0. The number of benzene rings is 3. The van der Waals surface area contributed by atoms with Gasteiger partial charge in [-0.25, -0.2) is 0 Å². The molecule has 5 rings (SSSR count). The third-order valence-corrected chi connectivity index (χ3v) is 19.0. The van der Waals surface area contributed by atoms with Gasteiger partial charge in [0, 0.05) is 5.41 Å². The van der Waals surface area contributed by atoms with Crippen molar-refractivity contribution in [2.24, 2.45) is 5.41 Å². The van der Waals surface area contributed by atoms with Crippen LogP contribution in [0.3, 0.4) is 0 Å². The van der Waals surface area contributed by atoms with Crippen LogP contribution in [-0.2, 0) is 19.3 Å². The Morgan fingerprint density at radius 1 is 0.659 bits per heavy atom. The Labute approximate surface area is 249 Å². The molecule has 0 heterocycles. The van der Waals surface area contributed by atoms with E-state index in [2.05, 4.69) is 110 Å². The first-order valence-corrected chi connectivity index (χ1v) is 20.9. The summed E-state index contributed by atoms with van der Waals surface area (Å²) in [6.07, 6.45) is 5.37. The molecule has 1 atom stereocenters. The van der Waals surface area contributed by atoms with Crippen LogP contribution >= 0.6 is 0 Å². The number of hydrogen-bond acceptors (Lipinski definition) is 3. The van der Waals surface area contributed by atoms with E-state index >= 15 is 0 Å². The van der Waals surface area contributed by atoms with Crippen LogP contribution in [0.5, 0.6) is 17.2 Å². The number of phenols is 1. The molecule has 2 aliphatic carbocycles. The molecule has 1 unspecified atom stereocenters. The first-order chi connectivity index (χ1) is 18.9. The minimum Gasteiger partial charge on any atom is -0.543 e. The summed E-state index contributed by atoms with van der Waals surface area (Å²) in [4.78, 5) is 0. The molecule has 0 bridgehead atoms. The first kappa shape index (κ1) is 29.7. The van der Waals surface area contributed by atoms with Crippen molar-refractivity contribution < 1.29 is 14.0 Å². The largest absolute Gasteiger partial charge is 0.543 e. The molecule has 1 spiro atoms. The van der Waals surface area contributed by atoms with Crippen molar-refractivity contribution in [2.75, 3.05) is 0 Å². The second-order valence-electron chi connectivity index (χ2n) is 15.4. The third-order valence-electron chi connectivity index (χ3n) is 10.3. The standard InChI is InChI=1S/C36H48O3Si2/c1-34(2,3)40(7,8)38-30-17-13-26-22-36(24-28(26)20-30)23-27-14-18-31(39-41(9,10)35(4,5)6)21-32(27)33(36)19-25-11-15-29(37)16-12-25/h11-21,37H,22-24H2,1-10H3/b33-19-. The van der Waals surface area contributed by atoms with Crippen LogP contribution in [0.25, 0.3) is 11.6 Å². The molecule has 0 saturated heterocycles. The Hall–Kier alpha value is -2.77. The number of phenolic OH excluding ortho intramolecular Hbond substituents is 1. The van der Waals surface area contributed by atoms with E-state index < -0.39 is 16.6 Å². The van der Waals surface area contributed by atoms with Gasteiger partial charge in [0.15, 0.2) is 0 Å². The van der Waals surface area contributed by atoms with Crippen LogP contribution in [0.4, 0.5) is 0 Å². The lowest BCUT2D eigenvalue weighted by Gasteiger charge is -2.36. The van der Waals surface area contributed by atoms with E-state index in [0.29, 0.717) is 5.75 Å². The molecular weight excluding hydrogens is 537 g/mol. The number of rotatable bonds is 5. The topological polar surface area (TPSA) is 38.7 Å². The van der Waals surface area contributed by atoms with Gasteiger partial charge in [-0.1, -0.05) is 71.9 Å². The van der Waals surface area contributed by atoms with E-state index in [1.807, 2.05) is 12.1 Å². The molecule has 3 aromatic rings. The fourth-order valence-corrected chi connectivity index (χ4v) is 7.79. The van der Waals surface area contributed by atoms with E-state index in [1.165, 1.54) is 27.8 Å². The minimum atomic E-state index is -1.97. The van der Waals surface area contributed by atoms with Gasteiger partial charge in [-0.2, -0.15) is 0 Å². The Balaban J connectivity index is 1.54. The smallest absolute Gasteiger partial charge is 0.250 e. The molecule has 0 radical (unpaired) electrons. The molecule has 5 heteroatoms. The SMILES string of the molecule is CC(C)(C)[Si](C)(C)Oc1ccc2c(c1)CC1(C2)Cc2ccc(O[Si](C)(C)C(C)(C)C)cc2/C1=C/c1ccc(O)cc1. The molecule has 0 fully saturated rings. The second kappa shape index (κ2) is 9.91. The van der Waals surface area contributed by atoms with Crippen molar-refractivity contribution in [3.63, 3.8) is 0 Å². The van der Waals surface area contributed by atoms with Crippen LogP contribution < -0.4 is 8.85 Å². The van der Waals surface area contributed by atoms with Gasteiger partial charge in [0.2, 0.25) is 16.6 Å². The molecule has 0 aliphatic heterocycles. The van der Waals surface area contributed by atoms with Gasteiger partial charge in [-0.3, -0.25) is 0 Å². The van der Waals surface area contributed by atoms with Crippen LogP contribution in [0.15, 0.2) is 60.7 Å². The fraction of sp³-hybridized carbons (Fsp3) is 0.444. The van der Waals surface area contributed by atoms with Gasteiger partial charge in [0.1, 0.15) is 17.2 Å². The van der Waals surface area contributed by atoms with Crippen molar-refractivity contribution in [1.29, 1.82) is 0 Å². The van der Waals surface area contributed by atoms with E-state index in [1.54, 1.807) is 12.1 Å². The van der Waals surface area contributed by atoms with Crippen LogP contribution in [0.2, 0.25) is 36.3 Å². The van der Waals surface area contributed by atoms with E-state index in [4.69, 9.17) is 8.85 Å². The number of allylic oxidation sites excluding steroid dienone is 1. The average Bonchev–Trinajstić information content (AvgIpc) is 3.34. The first-order valence-electron chi connectivity index (χ1n) is 15.0. The van der Waals surface area contributed by atoms with Gasteiger partial charge >= 0.3 is 0 Å². The van der Waals surface area contributed by atoms with Gasteiger partial charge in [-0.15, -0.1) is 0 Å². The highest BCUT2D eigenvalue weighted by Crippen LogP contribution is 2.56. The molecule has 0 aromatic heterocycles. The zero-order valence-corrected chi connectivity index (χ0v) is 28.7. The predicted octanol–water partition coefficient (Wildman–Crippen LogP) is 10.0. The molecule has 218 valence electrons. The lowest BCUT2D eigenvalue weighted by Crippen LogP contribution is -2.43. The van der Waals surface area contributed by atoms with Crippen molar-refractivity contribution in [3.05, 3.63) is 88.5 Å². The van der Waals surface area contributed by atoms with Crippen LogP contribution in [0.1, 0.15) is 69.4 Å². The molecule has 3 nitrogen and oxygen atoms in total. The predicted molar refractivity (Wildman–Crippen MR) is 178 cm³/mol. The zero-order chi connectivity index (χ0) is 30.0. The Bertz CT molecular complexity index is 1480. The molecule has 0 saturated carbocycles. The number of aromatic hydroxyl groups is 1. The fourth-order valence-electron chi connectivity index (χ4n) is 5.74. The molecule has 1 N–H and O–H groups in total. The maximum Gasteiger partial charge on any atom is 0.250 e. The summed E-state index contributed by atoms with van der Waals surface area (Å²) in [6.45, 7) is 23.0. The van der Waals surface area contributed by atoms with Crippen molar-refractivity contribution >= 4 is 28.3 Å². The Kier molecular flexibility index (Phi) is 7.18. The Morgan fingerprint density at radius 2 is 1.15 bits per heavy atom. The minimum absolute atomic E-state index is 0.00620. The number of hydrogen-bond donors (Lipinski definition) is 1. The second-order valence-corrected chi connectivity index (χ2v) is 24.9. The third kappa shape index (κ3) is 5.68. The summed E-state index contributed by atoms with van der Waals surface area (Å²) in [7, 11) is -3.89. The highest BCUT2D eigenvalue weighted by Gasteiger charge is 2.47. The zero-order valence-electron chi connectivity index (χ0n) is 26.7. The average molecular weight is 585 g/mol. The number of fused-ring (bicyclic) bond motifs is 2. The molecular formula is C36H48O3Si2. The van der Waals surface area contributed by atoms with Gasteiger partial charge in [-0.05, 0) is 125 Å². The summed E-state index contributed by atoms with van der Waals surface area (Å²) in [5.74, 6) is 2.28. The Morgan fingerprint density at radius 3 is 1.71 bits per heavy atom. The van der Waals surface area contributed by atoms with E-state index in [9.17, 15) is 5.11 Å². The van der Waals surface area contributed by atoms with Gasteiger partial charge in [0.05, 0.1) is 0 Å². The maximum absolute atomic E-state index is 9.92. The molecule has 0 amide bonds. The summed E-state index contributed by atoms with van der Waals surface area (Å²) in [5.41, 5.74) is 8.01. The highest BCUT2D eigenvalue weighted by molar-refractivity contribution is 6.75. The lowest BCUT2D eigenvalue weighted by atomic mass is 9.77. The molecule has 3 aromatic carbocycles. The van der Waals surface area contributed by atoms with Crippen molar-refractivity contribution in [3.8, 4) is 17.2 Å². The monoisotopic (exact) mass is 584 g/mol. The van der Waals surface area contributed by atoms with Crippen LogP contribution in [0, 0.1) is 5.41 Å². The summed E-state index contributed by atoms with van der Waals surface area (Å²) in [6, 6.07) is 21.2. The summed E-state index contributed by atoms with van der Waals surface area (Å²) in [5, 5.41) is 10.2. The van der Waals surface area contributed by atoms with Crippen molar-refractivity contribution in [2.45, 2.75) is 97.1 Å². The normalized spacial score (nSPS) is 19.9. The van der Waals surface area contributed by atoms with Gasteiger partial charge in [0.25, 0.3) is 0 Å². The quantitative estimate of drug-likeness (QED) is 0.303. The van der Waals surface area contributed by atoms with Gasteiger partial charge < -0.3 is 14.0 Å². The van der Waals surface area contributed by atoms with E-state index in [-0.39, 0.29) is 15.5 Å². The highest BCUT2D eigenvalue weighted by atomic mass is 28.4. The molecule has 41 heavy (non-hydrogen) atoms. The van der Waals surface area contributed by atoms with Crippen molar-refractivity contribution in [1.82, 2.24) is 0 Å². The molecule has 2 aliphatic rings.